The summed E-state index contributed by atoms with van der Waals surface area (Å²) >= 11 is 0. The molecule has 0 bridgehead atoms. The van der Waals surface area contributed by atoms with Gasteiger partial charge in [-0.2, -0.15) is 0 Å². The number of H-pyrrole nitrogens is 1. The van der Waals surface area contributed by atoms with E-state index < -0.39 is 0 Å². The Balaban J connectivity index is 2.23. The van der Waals surface area contributed by atoms with Gasteiger partial charge >= 0.3 is 11.3 Å². The Morgan fingerprint density at radius 1 is 1.53 bits per heavy atom. The number of hydrogen-bond donors (Lipinski definition) is 2. The van der Waals surface area contributed by atoms with Gasteiger partial charge < -0.3 is 10.2 Å². The Labute approximate surface area is 88.8 Å². The molecule has 0 amide bonds. The van der Waals surface area contributed by atoms with Crippen LogP contribution in [0.15, 0.2) is 9.32 Å². The minimum atomic E-state index is -0.308. The molecule has 0 spiro atoms. The molecular formula is C9H19N4O2+. The summed E-state index contributed by atoms with van der Waals surface area (Å²) in [5.74, 6) is 0. The van der Waals surface area contributed by atoms with Crippen molar-refractivity contribution in [3.05, 3.63) is 16.1 Å². The van der Waals surface area contributed by atoms with E-state index in [1.807, 2.05) is 14.1 Å². The Morgan fingerprint density at radius 2 is 2.27 bits per heavy atom. The number of aromatic nitrogens is 2. The summed E-state index contributed by atoms with van der Waals surface area (Å²) in [6.07, 6.45) is 1.06. The summed E-state index contributed by atoms with van der Waals surface area (Å²) in [7, 11) is 5.84. The third-order valence-electron chi connectivity index (χ3n) is 2.17. The van der Waals surface area contributed by atoms with E-state index in [2.05, 4.69) is 20.0 Å². The molecule has 0 atom stereocenters. The van der Waals surface area contributed by atoms with Crippen LogP contribution in [0.1, 0.15) is 12.1 Å². The van der Waals surface area contributed by atoms with Crippen molar-refractivity contribution in [1.29, 1.82) is 0 Å². The van der Waals surface area contributed by atoms with Crippen molar-refractivity contribution in [2.75, 3.05) is 27.2 Å². The van der Waals surface area contributed by atoms with E-state index in [1.54, 1.807) is 11.7 Å². The highest BCUT2D eigenvalue weighted by Crippen LogP contribution is 1.83. The number of aromatic amines is 1. The molecule has 0 radical (unpaired) electrons. The van der Waals surface area contributed by atoms with Gasteiger partial charge in [-0.3, -0.25) is 4.52 Å². The zero-order valence-corrected chi connectivity index (χ0v) is 9.54. The molecule has 0 aliphatic rings. The van der Waals surface area contributed by atoms with Crippen LogP contribution >= 0.6 is 0 Å². The molecule has 1 aromatic rings. The lowest BCUT2D eigenvalue weighted by Gasteiger charge is -2.08. The lowest BCUT2D eigenvalue weighted by atomic mass is 10.4. The Bertz CT molecular complexity index is 342. The molecule has 6 nitrogen and oxygen atoms in total. The average molecular weight is 215 g/mol. The van der Waals surface area contributed by atoms with Gasteiger partial charge in [0, 0.05) is 0 Å². The molecule has 2 N–H and O–H groups in total. The number of aryl methyl sites for hydroxylation is 1. The first-order valence-corrected chi connectivity index (χ1v) is 5.03. The fraction of sp³-hybridized carbons (Fsp3) is 0.778. The summed E-state index contributed by atoms with van der Waals surface area (Å²) in [6.45, 7) is 2.47. The van der Waals surface area contributed by atoms with Crippen molar-refractivity contribution in [2.24, 2.45) is 7.05 Å². The van der Waals surface area contributed by atoms with Crippen LogP contribution in [0.5, 0.6) is 0 Å². The van der Waals surface area contributed by atoms with E-state index in [1.165, 1.54) is 0 Å². The normalized spacial score (nSPS) is 11.2. The second-order valence-corrected chi connectivity index (χ2v) is 3.82. The van der Waals surface area contributed by atoms with Crippen LogP contribution in [0, 0.1) is 0 Å². The molecule has 6 heteroatoms. The maximum atomic E-state index is 11.1. The van der Waals surface area contributed by atoms with E-state index in [-0.39, 0.29) is 5.63 Å². The van der Waals surface area contributed by atoms with Crippen LogP contribution in [0.2, 0.25) is 0 Å². The molecule has 15 heavy (non-hydrogen) atoms. The molecule has 1 heterocycles. The van der Waals surface area contributed by atoms with Crippen LogP contribution < -0.4 is 15.6 Å². The monoisotopic (exact) mass is 215 g/mol. The van der Waals surface area contributed by atoms with Crippen LogP contribution in [-0.4, -0.2) is 37.4 Å². The van der Waals surface area contributed by atoms with Crippen molar-refractivity contribution in [3.8, 4) is 0 Å². The SMILES string of the molecule is CN(C)CCCNCc1c(=O)o[nH][n+]1C. The van der Waals surface area contributed by atoms with Crippen LogP contribution in [0.25, 0.3) is 0 Å². The standard InChI is InChI=1S/C9H18N4O2/c1-12(2)6-4-5-10-7-8-9(14)15-11-13(8)3/h10H,4-7H2,1-3H3/p+1. The summed E-state index contributed by atoms with van der Waals surface area (Å²) in [5, 5.41) is 5.67. The lowest BCUT2D eigenvalue weighted by Crippen LogP contribution is -2.39. The zero-order chi connectivity index (χ0) is 11.3. The molecule has 0 unspecified atom stereocenters. The van der Waals surface area contributed by atoms with Crippen LogP contribution in [0.3, 0.4) is 0 Å². The topological polar surface area (TPSA) is 65.2 Å². The molecular weight excluding hydrogens is 196 g/mol. The van der Waals surface area contributed by atoms with Gasteiger partial charge in [-0.05, 0) is 38.9 Å². The van der Waals surface area contributed by atoms with Gasteiger partial charge in [0.05, 0.1) is 6.54 Å². The first-order valence-electron chi connectivity index (χ1n) is 5.03. The van der Waals surface area contributed by atoms with Crippen molar-refractivity contribution in [3.63, 3.8) is 0 Å². The summed E-state index contributed by atoms with van der Waals surface area (Å²) in [5.41, 5.74) is 0.303. The fourth-order valence-corrected chi connectivity index (χ4v) is 1.28. The van der Waals surface area contributed by atoms with Gasteiger partial charge in [0.15, 0.2) is 7.05 Å². The lowest BCUT2D eigenvalue weighted by molar-refractivity contribution is -0.746. The quantitative estimate of drug-likeness (QED) is 0.464. The van der Waals surface area contributed by atoms with Crippen molar-refractivity contribution in [2.45, 2.75) is 13.0 Å². The van der Waals surface area contributed by atoms with Gasteiger partial charge in [0.1, 0.15) is 0 Å². The molecule has 0 aliphatic heterocycles. The second kappa shape index (κ2) is 5.67. The van der Waals surface area contributed by atoms with Gasteiger partial charge in [-0.1, -0.05) is 4.68 Å². The number of nitrogens with zero attached hydrogens (tertiary/aromatic N) is 2. The van der Waals surface area contributed by atoms with Gasteiger partial charge in [0.2, 0.25) is 0 Å². The molecule has 0 aliphatic carbocycles. The molecule has 86 valence electrons. The van der Waals surface area contributed by atoms with E-state index in [4.69, 9.17) is 0 Å². The molecule has 0 saturated carbocycles. The predicted octanol–water partition coefficient (Wildman–Crippen LogP) is -1.17. The summed E-state index contributed by atoms with van der Waals surface area (Å²) < 4.78 is 6.21. The van der Waals surface area contributed by atoms with Gasteiger partial charge in [-0.15, -0.1) is 0 Å². The summed E-state index contributed by atoms with van der Waals surface area (Å²) in [6, 6.07) is 0. The molecule has 0 saturated heterocycles. The molecule has 0 fully saturated rings. The maximum Gasteiger partial charge on any atom is 0.431 e. The highest BCUT2D eigenvalue weighted by molar-refractivity contribution is 4.81. The zero-order valence-electron chi connectivity index (χ0n) is 9.54. The molecule has 0 aromatic carbocycles. The van der Waals surface area contributed by atoms with Crippen molar-refractivity contribution < 1.29 is 9.20 Å². The number of rotatable bonds is 6. The Morgan fingerprint density at radius 3 is 2.80 bits per heavy atom. The fourth-order valence-electron chi connectivity index (χ4n) is 1.28. The van der Waals surface area contributed by atoms with E-state index in [0.717, 1.165) is 19.5 Å². The summed E-state index contributed by atoms with van der Waals surface area (Å²) in [4.78, 5) is 13.3. The smallest absolute Gasteiger partial charge is 0.309 e. The van der Waals surface area contributed by atoms with Crippen LogP contribution in [-0.2, 0) is 13.6 Å². The maximum absolute atomic E-state index is 11.1. The van der Waals surface area contributed by atoms with Crippen molar-refractivity contribution >= 4 is 0 Å². The predicted molar refractivity (Wildman–Crippen MR) is 55.4 cm³/mol. The second-order valence-electron chi connectivity index (χ2n) is 3.82. The van der Waals surface area contributed by atoms with Crippen molar-refractivity contribution in [1.82, 2.24) is 15.5 Å². The largest absolute Gasteiger partial charge is 0.431 e. The Hall–Kier alpha value is -1.14. The first-order chi connectivity index (χ1) is 7.11. The van der Waals surface area contributed by atoms with E-state index in [9.17, 15) is 4.79 Å². The van der Waals surface area contributed by atoms with E-state index >= 15 is 0 Å². The number of nitrogens with one attached hydrogen (secondary N) is 2. The highest BCUT2D eigenvalue weighted by Gasteiger charge is 2.15. The third kappa shape index (κ3) is 3.85. The van der Waals surface area contributed by atoms with Gasteiger partial charge in [0.25, 0.3) is 0 Å². The van der Waals surface area contributed by atoms with Gasteiger partial charge in [-0.25, -0.2) is 4.79 Å². The number of hydrogen-bond acceptors (Lipinski definition) is 4. The highest BCUT2D eigenvalue weighted by atomic mass is 16.5. The Kier molecular flexibility index (Phi) is 4.51. The minimum absolute atomic E-state index is 0.308. The molecule has 1 rings (SSSR count). The van der Waals surface area contributed by atoms with Crippen LogP contribution in [0.4, 0.5) is 0 Å². The third-order valence-corrected chi connectivity index (χ3v) is 2.17. The average Bonchev–Trinajstić information content (AvgIpc) is 2.47. The van der Waals surface area contributed by atoms with E-state index in [0.29, 0.717) is 12.2 Å². The first kappa shape index (κ1) is 11.9. The molecule has 1 aromatic heterocycles. The minimum Gasteiger partial charge on any atom is -0.309 e.